The third kappa shape index (κ3) is 10.5. The fourth-order valence-corrected chi connectivity index (χ4v) is 5.77. The number of non-ortho nitro benzene ring substituents is 1. The van der Waals surface area contributed by atoms with Gasteiger partial charge in [0.25, 0.3) is 17.2 Å². The maximum Gasteiger partial charge on any atom is 0.441 e. The Morgan fingerprint density at radius 1 is 0.796 bits per heavy atom. The lowest BCUT2D eigenvalue weighted by Crippen LogP contribution is -2.66. The number of carbonyl (C=O) groups is 6. The molecule has 19 nitrogen and oxygen atoms in total. The molecule has 0 aliphatic carbocycles. The minimum Gasteiger partial charge on any atom is -0.460 e. The zero-order valence-corrected chi connectivity index (χ0v) is 30.0. The number of β-lactam (4-membered cyclic amide) rings is 2. The second-order valence-corrected chi connectivity index (χ2v) is 13.0. The van der Waals surface area contributed by atoms with Crippen LogP contribution >= 0.6 is 0 Å². The molecule has 2 aromatic carbocycles. The molecule has 0 spiro atoms. The zero-order chi connectivity index (χ0) is 40.4. The Labute approximate surface area is 308 Å². The van der Waals surface area contributed by atoms with E-state index >= 15 is 0 Å². The molecular weight excluding hydrogens is 712 g/mol. The van der Waals surface area contributed by atoms with Crippen LogP contribution in [0.4, 0.5) is 11.4 Å². The number of rotatable bonds is 16. The van der Waals surface area contributed by atoms with Crippen molar-refractivity contribution in [2.75, 3.05) is 7.05 Å². The lowest BCUT2D eigenvalue weighted by atomic mass is 9.76. The van der Waals surface area contributed by atoms with Crippen LogP contribution in [-0.4, -0.2) is 97.1 Å². The summed E-state index contributed by atoms with van der Waals surface area (Å²) < 4.78 is 10.7. The van der Waals surface area contributed by atoms with E-state index in [1.54, 1.807) is 31.2 Å². The Morgan fingerprint density at radius 2 is 1.24 bits per heavy atom. The molecule has 4 N–H and O–H groups in total. The van der Waals surface area contributed by atoms with Crippen LogP contribution in [-0.2, 0) is 51.5 Å². The molecule has 2 amide bonds. The molecule has 8 atom stereocenters. The fraction of sp³-hybridized carbons (Fsp3) is 0.457. The van der Waals surface area contributed by atoms with Crippen molar-refractivity contribution < 1.29 is 62.9 Å². The van der Waals surface area contributed by atoms with E-state index in [2.05, 4.69) is 15.4 Å². The standard InChI is InChI=1S/C18H20N4O6.C17H20N2O7/c1-9(14-13(10(2)23)17(25)20-14)16(24)15(21-19)18(26)28-8-11-4-6-12(7-5-11)22(3)27;1-9(16-15(10(2)20)17(23)18-16)13(21)7-14(22)26-8-11-3-5-12(6-4-11)19(24)25/h4-7,9-10,13-14,23H,8H2,1-3H3;3-6,9-10,15-16,20H,7-8H2,1-2H3,(H,18,23)/p+1/t9-,10-,13-,14-;9-,10+,15+,16+/m10/s1. The lowest BCUT2D eigenvalue weighted by molar-refractivity contribution is -0.428. The summed E-state index contributed by atoms with van der Waals surface area (Å²) >= 11 is 0. The topological polar surface area (TPSA) is 285 Å². The van der Waals surface area contributed by atoms with Gasteiger partial charge in [0.2, 0.25) is 11.8 Å². The third-order valence-corrected chi connectivity index (χ3v) is 9.10. The molecule has 2 saturated heterocycles. The Hall–Kier alpha value is -6.04. The maximum absolute atomic E-state index is 12.5. The number of aliphatic hydroxyl groups is 2. The summed E-state index contributed by atoms with van der Waals surface area (Å²) in [4.78, 5) is 95.6. The summed E-state index contributed by atoms with van der Waals surface area (Å²) in [6.07, 6.45) is -2.29. The number of carbonyl (C=O) groups excluding carboxylic acids is 6. The summed E-state index contributed by atoms with van der Waals surface area (Å²) in [5.41, 5.74) is 9.78. The van der Waals surface area contributed by atoms with E-state index in [1.807, 2.05) is 0 Å². The molecule has 0 bridgehead atoms. The Balaban J connectivity index is 0.000000291. The first-order valence-corrected chi connectivity index (χ1v) is 16.7. The first-order chi connectivity index (χ1) is 25.4. The van der Waals surface area contributed by atoms with Crippen molar-refractivity contribution in [3.8, 4) is 0 Å². The van der Waals surface area contributed by atoms with Crippen LogP contribution in [0.3, 0.4) is 0 Å². The van der Waals surface area contributed by atoms with E-state index in [0.29, 0.717) is 21.6 Å². The number of nitrogens with zero attached hydrogens (tertiary/aromatic N) is 4. The van der Waals surface area contributed by atoms with Crippen LogP contribution in [0.25, 0.3) is 5.53 Å². The quantitative estimate of drug-likeness (QED) is 0.0213. The highest BCUT2D eigenvalue weighted by Crippen LogP contribution is 2.28. The molecule has 2 aromatic rings. The number of ketones is 2. The number of benzene rings is 2. The highest BCUT2D eigenvalue weighted by atomic mass is 16.6. The van der Waals surface area contributed by atoms with Crippen LogP contribution < -0.4 is 10.6 Å². The van der Waals surface area contributed by atoms with Crippen molar-refractivity contribution in [1.82, 2.24) is 10.6 Å². The van der Waals surface area contributed by atoms with Crippen molar-refractivity contribution in [2.45, 2.75) is 71.6 Å². The van der Waals surface area contributed by atoms with Crippen LogP contribution in [0, 0.1) is 38.7 Å². The predicted molar refractivity (Wildman–Crippen MR) is 184 cm³/mol. The number of Topliss-reactive ketones (excluding diaryl/α,β-unsaturated/α-hetero) is 2. The molecule has 0 radical (unpaired) electrons. The normalized spacial score (nSPS) is 20.6. The minimum absolute atomic E-state index is 0.0701. The Kier molecular flexibility index (Phi) is 14.6. The maximum atomic E-state index is 12.5. The first kappa shape index (κ1) is 42.4. The van der Waals surface area contributed by atoms with E-state index in [9.17, 15) is 54.0 Å². The van der Waals surface area contributed by atoms with Crippen molar-refractivity contribution in [3.05, 3.63) is 80.2 Å². The Morgan fingerprint density at radius 3 is 1.65 bits per heavy atom. The fourth-order valence-electron chi connectivity index (χ4n) is 5.77. The molecule has 2 heterocycles. The van der Waals surface area contributed by atoms with E-state index < -0.39 is 94.4 Å². The number of aliphatic hydroxyl groups excluding tert-OH is 2. The van der Waals surface area contributed by atoms with E-state index in [0.717, 1.165) is 0 Å². The molecule has 288 valence electrons. The number of hydrogen-bond donors (Lipinski definition) is 4. The molecule has 2 fully saturated rings. The average Bonchev–Trinajstić information content (AvgIpc) is 3.10. The molecule has 2 aliphatic rings. The molecule has 2 aliphatic heterocycles. The van der Waals surface area contributed by atoms with Gasteiger partial charge in [-0.05, 0) is 49.2 Å². The van der Waals surface area contributed by atoms with Gasteiger partial charge >= 0.3 is 17.7 Å². The van der Waals surface area contributed by atoms with Crippen LogP contribution in [0.15, 0.2) is 48.5 Å². The molecule has 0 aromatic heterocycles. The van der Waals surface area contributed by atoms with Gasteiger partial charge in [-0.2, -0.15) is 4.79 Å². The number of ether oxygens (including phenoxy) is 2. The third-order valence-electron chi connectivity index (χ3n) is 9.10. The summed E-state index contributed by atoms with van der Waals surface area (Å²) in [6, 6.07) is 10.6. The van der Waals surface area contributed by atoms with Gasteiger partial charge in [-0.3, -0.25) is 34.1 Å². The van der Waals surface area contributed by atoms with Gasteiger partial charge < -0.3 is 35.9 Å². The molecular formula is C35H41N6O13+. The van der Waals surface area contributed by atoms with Crippen molar-refractivity contribution in [1.29, 1.82) is 0 Å². The Bertz CT molecular complexity index is 1840. The van der Waals surface area contributed by atoms with E-state index in [4.69, 9.17) is 15.0 Å². The highest BCUT2D eigenvalue weighted by molar-refractivity contribution is 6.62. The van der Waals surface area contributed by atoms with Gasteiger partial charge in [0.1, 0.15) is 25.4 Å². The number of nitroso groups, excluding NO2 is 1. The second-order valence-electron chi connectivity index (χ2n) is 13.0. The zero-order valence-electron chi connectivity index (χ0n) is 30.0. The summed E-state index contributed by atoms with van der Waals surface area (Å²) in [5, 5.41) is 34.9. The van der Waals surface area contributed by atoms with Gasteiger partial charge in [-0.1, -0.05) is 13.8 Å². The number of nitro groups is 1. The van der Waals surface area contributed by atoms with Gasteiger partial charge in [0, 0.05) is 45.8 Å². The minimum atomic E-state index is -1.12. The summed E-state index contributed by atoms with van der Waals surface area (Å²) in [6.45, 7) is 5.66. The van der Waals surface area contributed by atoms with Gasteiger partial charge in [-0.25, -0.2) is 4.79 Å². The first-order valence-electron chi connectivity index (χ1n) is 16.7. The van der Waals surface area contributed by atoms with Crippen LogP contribution in [0.2, 0.25) is 0 Å². The average molecular weight is 754 g/mol. The van der Waals surface area contributed by atoms with Crippen LogP contribution in [0.1, 0.15) is 45.2 Å². The monoisotopic (exact) mass is 753 g/mol. The summed E-state index contributed by atoms with van der Waals surface area (Å²) in [5.74, 6) is -6.73. The predicted octanol–water partition coefficient (Wildman–Crippen LogP) is 0.870. The highest BCUT2D eigenvalue weighted by Gasteiger charge is 2.50. The molecule has 19 heteroatoms. The molecule has 0 unspecified atom stereocenters. The van der Waals surface area contributed by atoms with E-state index in [-0.39, 0.29) is 24.8 Å². The molecule has 54 heavy (non-hydrogen) atoms. The number of nitrogens with one attached hydrogen (secondary N) is 2. The number of hydrogen-bond acceptors (Lipinski definition) is 13. The van der Waals surface area contributed by atoms with Crippen LogP contribution in [0.5, 0.6) is 0 Å². The second kappa shape index (κ2) is 18.6. The smallest absolute Gasteiger partial charge is 0.441 e. The summed E-state index contributed by atoms with van der Waals surface area (Å²) in [7, 11) is 1.35. The van der Waals surface area contributed by atoms with Crippen molar-refractivity contribution in [2.24, 2.45) is 23.7 Å². The van der Waals surface area contributed by atoms with Crippen molar-refractivity contribution >= 4 is 52.4 Å². The number of amides is 2. The van der Waals surface area contributed by atoms with E-state index in [1.165, 1.54) is 52.1 Å². The van der Waals surface area contributed by atoms with Gasteiger partial charge in [-0.15, -0.1) is 0 Å². The largest absolute Gasteiger partial charge is 0.460 e. The lowest BCUT2D eigenvalue weighted by Gasteiger charge is -2.41. The molecule has 4 rings (SSSR count). The van der Waals surface area contributed by atoms with Gasteiger partial charge in [0.05, 0.1) is 41.1 Å². The SMILES string of the molecule is C[C@@H](O)[C@H]1C(=O)N[C@@H]1[C@@H](C)C(=O)C(=[N+]=[N-])C(=O)OCc1ccc([N+](C)=O)cc1.C[C@@H](O)[C@H]1C(=O)N[C@@H]1[C@@H](C)C(=O)CC(=O)OCc1ccc([N+](=O)[O-])cc1. The van der Waals surface area contributed by atoms with Crippen molar-refractivity contribution in [3.63, 3.8) is 0 Å². The number of esters is 2. The van der Waals surface area contributed by atoms with Gasteiger partial charge in [0.15, 0.2) is 7.05 Å². The molecule has 0 saturated carbocycles. The number of nitro benzene ring substituents is 1.